The Bertz CT molecular complexity index is 580. The number of hydrogen-bond donors (Lipinski definition) is 0. The van der Waals surface area contributed by atoms with Crippen LogP contribution in [0.15, 0.2) is 24.3 Å². The first kappa shape index (κ1) is 11.7. The van der Waals surface area contributed by atoms with Crippen molar-refractivity contribution in [3.8, 4) is 11.4 Å². The van der Waals surface area contributed by atoms with Crippen molar-refractivity contribution in [2.24, 2.45) is 0 Å². The molecule has 1 aromatic heterocycles. The van der Waals surface area contributed by atoms with E-state index in [-0.39, 0.29) is 0 Å². The third-order valence-corrected chi connectivity index (χ3v) is 3.92. The van der Waals surface area contributed by atoms with Gasteiger partial charge in [-0.1, -0.05) is 35.9 Å². The Morgan fingerprint density at radius 1 is 1.11 bits per heavy atom. The molecule has 0 aliphatic heterocycles. The van der Waals surface area contributed by atoms with E-state index in [1.54, 1.807) is 0 Å². The van der Waals surface area contributed by atoms with Gasteiger partial charge in [-0.25, -0.2) is 9.97 Å². The molecular weight excluding hydrogens is 244 g/mol. The molecule has 0 radical (unpaired) electrons. The normalized spacial score (nSPS) is 14.8. The maximum Gasteiger partial charge on any atom is 0.161 e. The molecule has 3 rings (SSSR count). The van der Waals surface area contributed by atoms with Crippen molar-refractivity contribution in [3.05, 3.63) is 46.2 Å². The highest BCUT2D eigenvalue weighted by Crippen LogP contribution is 2.43. The molecule has 1 aliphatic carbocycles. The minimum Gasteiger partial charge on any atom is -0.233 e. The summed E-state index contributed by atoms with van der Waals surface area (Å²) < 4.78 is 0. The fraction of sp³-hybridized carbons (Fsp3) is 0.333. The summed E-state index contributed by atoms with van der Waals surface area (Å²) in [6, 6.07) is 8.39. The first-order valence-corrected chi connectivity index (χ1v) is 6.64. The van der Waals surface area contributed by atoms with Crippen LogP contribution < -0.4 is 0 Å². The largest absolute Gasteiger partial charge is 0.233 e. The second kappa shape index (κ2) is 4.36. The fourth-order valence-corrected chi connectivity index (χ4v) is 2.38. The molecular formula is C15H15ClN2. The molecule has 1 heterocycles. The number of aromatic nitrogens is 2. The van der Waals surface area contributed by atoms with E-state index in [0.717, 1.165) is 22.6 Å². The third-order valence-electron chi connectivity index (χ3n) is 3.55. The van der Waals surface area contributed by atoms with Crippen LogP contribution in [-0.4, -0.2) is 9.97 Å². The number of benzene rings is 1. The molecule has 0 spiro atoms. The molecule has 0 bridgehead atoms. The van der Waals surface area contributed by atoms with Crippen LogP contribution in [0.1, 0.15) is 35.6 Å². The van der Waals surface area contributed by atoms with Crippen molar-refractivity contribution in [2.45, 2.75) is 32.6 Å². The smallest absolute Gasteiger partial charge is 0.161 e. The van der Waals surface area contributed by atoms with Gasteiger partial charge in [0.05, 0.1) is 0 Å². The maximum absolute atomic E-state index is 6.17. The summed E-state index contributed by atoms with van der Waals surface area (Å²) in [7, 11) is 0. The molecule has 0 amide bonds. The zero-order valence-corrected chi connectivity index (χ0v) is 11.3. The topological polar surface area (TPSA) is 25.8 Å². The van der Waals surface area contributed by atoms with Crippen molar-refractivity contribution in [1.82, 2.24) is 9.97 Å². The Morgan fingerprint density at radius 3 is 2.50 bits per heavy atom. The predicted molar refractivity (Wildman–Crippen MR) is 73.9 cm³/mol. The van der Waals surface area contributed by atoms with Crippen LogP contribution in [0.2, 0.25) is 5.15 Å². The lowest BCUT2D eigenvalue weighted by molar-refractivity contribution is 1.05. The van der Waals surface area contributed by atoms with Gasteiger partial charge >= 0.3 is 0 Å². The molecule has 1 aromatic carbocycles. The van der Waals surface area contributed by atoms with E-state index < -0.39 is 0 Å². The molecule has 92 valence electrons. The Labute approximate surface area is 112 Å². The van der Waals surface area contributed by atoms with Gasteiger partial charge in [0.2, 0.25) is 0 Å². The molecule has 18 heavy (non-hydrogen) atoms. The number of hydrogen-bond acceptors (Lipinski definition) is 2. The lowest BCUT2D eigenvalue weighted by Crippen LogP contribution is -1.98. The lowest BCUT2D eigenvalue weighted by Gasteiger charge is -2.10. The molecule has 3 heteroatoms. The van der Waals surface area contributed by atoms with Gasteiger partial charge < -0.3 is 0 Å². The van der Waals surface area contributed by atoms with E-state index >= 15 is 0 Å². The summed E-state index contributed by atoms with van der Waals surface area (Å²) in [6.45, 7) is 3.93. The summed E-state index contributed by atoms with van der Waals surface area (Å²) in [5.74, 6) is 1.44. The van der Waals surface area contributed by atoms with Gasteiger partial charge in [0.1, 0.15) is 5.15 Å². The van der Waals surface area contributed by atoms with E-state index in [1.165, 1.54) is 18.4 Å². The van der Waals surface area contributed by atoms with E-state index in [0.29, 0.717) is 11.1 Å². The summed E-state index contributed by atoms with van der Waals surface area (Å²) in [6.07, 6.45) is 2.55. The summed E-state index contributed by atoms with van der Waals surface area (Å²) in [5.41, 5.74) is 4.40. The average Bonchev–Trinajstić information content (AvgIpc) is 3.19. The van der Waals surface area contributed by atoms with Crippen LogP contribution in [0.4, 0.5) is 0 Å². The Morgan fingerprint density at radius 2 is 1.83 bits per heavy atom. The van der Waals surface area contributed by atoms with Crippen molar-refractivity contribution in [1.29, 1.82) is 0 Å². The monoisotopic (exact) mass is 258 g/mol. The van der Waals surface area contributed by atoms with E-state index in [1.807, 2.05) is 19.9 Å². The van der Waals surface area contributed by atoms with Crippen LogP contribution in [0.5, 0.6) is 0 Å². The molecule has 0 atom stereocenters. The minimum absolute atomic E-state index is 0.558. The standard InChI is InChI=1S/C15H15ClN2/c1-9-10(2)17-15(18-14(9)16)13-6-4-3-5-12(13)11-7-8-11/h3-6,11H,7-8H2,1-2H3. The van der Waals surface area contributed by atoms with Gasteiger partial charge in [-0.05, 0) is 38.2 Å². The Hall–Kier alpha value is -1.41. The van der Waals surface area contributed by atoms with E-state index in [2.05, 4.69) is 28.2 Å². The quantitative estimate of drug-likeness (QED) is 0.751. The lowest BCUT2D eigenvalue weighted by atomic mass is 10.0. The highest BCUT2D eigenvalue weighted by atomic mass is 35.5. The Balaban J connectivity index is 2.15. The molecule has 2 aromatic rings. The molecule has 1 saturated carbocycles. The minimum atomic E-state index is 0.558. The van der Waals surface area contributed by atoms with Gasteiger partial charge in [0.25, 0.3) is 0 Å². The highest BCUT2D eigenvalue weighted by Gasteiger charge is 2.26. The molecule has 1 fully saturated rings. The van der Waals surface area contributed by atoms with Gasteiger partial charge in [-0.15, -0.1) is 0 Å². The zero-order chi connectivity index (χ0) is 12.7. The molecule has 1 aliphatic rings. The SMILES string of the molecule is Cc1nc(-c2ccccc2C2CC2)nc(Cl)c1C. The Kier molecular flexibility index (Phi) is 2.83. The number of halogens is 1. The first-order valence-electron chi connectivity index (χ1n) is 6.27. The second-order valence-electron chi connectivity index (χ2n) is 4.91. The molecule has 0 N–H and O–H groups in total. The van der Waals surface area contributed by atoms with Crippen molar-refractivity contribution in [3.63, 3.8) is 0 Å². The summed E-state index contributed by atoms with van der Waals surface area (Å²) in [5, 5.41) is 0.558. The van der Waals surface area contributed by atoms with Crippen LogP contribution in [-0.2, 0) is 0 Å². The van der Waals surface area contributed by atoms with Crippen LogP contribution in [0.3, 0.4) is 0 Å². The van der Waals surface area contributed by atoms with Gasteiger partial charge in [0.15, 0.2) is 5.82 Å². The van der Waals surface area contributed by atoms with Gasteiger partial charge in [-0.3, -0.25) is 0 Å². The number of aryl methyl sites for hydroxylation is 1. The number of rotatable bonds is 2. The highest BCUT2D eigenvalue weighted by molar-refractivity contribution is 6.30. The molecule has 0 saturated heterocycles. The summed E-state index contributed by atoms with van der Waals surface area (Å²) in [4.78, 5) is 9.01. The average molecular weight is 259 g/mol. The number of nitrogens with zero attached hydrogens (tertiary/aromatic N) is 2. The van der Waals surface area contributed by atoms with E-state index in [4.69, 9.17) is 11.6 Å². The third kappa shape index (κ3) is 2.01. The zero-order valence-electron chi connectivity index (χ0n) is 10.6. The second-order valence-corrected chi connectivity index (χ2v) is 5.27. The van der Waals surface area contributed by atoms with Crippen molar-refractivity contribution < 1.29 is 0 Å². The van der Waals surface area contributed by atoms with Gasteiger partial charge in [0, 0.05) is 16.8 Å². The predicted octanol–water partition coefficient (Wildman–Crippen LogP) is 4.29. The van der Waals surface area contributed by atoms with Crippen LogP contribution in [0, 0.1) is 13.8 Å². The van der Waals surface area contributed by atoms with Crippen molar-refractivity contribution >= 4 is 11.6 Å². The van der Waals surface area contributed by atoms with Crippen LogP contribution in [0.25, 0.3) is 11.4 Å². The molecule has 0 unspecified atom stereocenters. The van der Waals surface area contributed by atoms with Crippen molar-refractivity contribution in [2.75, 3.05) is 0 Å². The first-order chi connectivity index (χ1) is 8.66. The fourth-order valence-electron chi connectivity index (χ4n) is 2.17. The maximum atomic E-state index is 6.17. The molecule has 2 nitrogen and oxygen atoms in total. The summed E-state index contributed by atoms with van der Waals surface area (Å²) >= 11 is 6.17. The van der Waals surface area contributed by atoms with Crippen LogP contribution >= 0.6 is 11.6 Å². The van der Waals surface area contributed by atoms with Gasteiger partial charge in [-0.2, -0.15) is 0 Å². The van der Waals surface area contributed by atoms with E-state index in [9.17, 15) is 0 Å².